The summed E-state index contributed by atoms with van der Waals surface area (Å²) < 4.78 is 6.18. The average molecular weight is 262 g/mol. The lowest BCUT2D eigenvalue weighted by atomic mass is 9.80. The molecule has 3 nitrogen and oxygen atoms in total. The van der Waals surface area contributed by atoms with Gasteiger partial charge >= 0.3 is 0 Å². The monoisotopic (exact) mass is 262 g/mol. The summed E-state index contributed by atoms with van der Waals surface area (Å²) >= 11 is 0. The van der Waals surface area contributed by atoms with E-state index >= 15 is 0 Å². The molecule has 19 heavy (non-hydrogen) atoms. The van der Waals surface area contributed by atoms with Crippen molar-refractivity contribution in [1.29, 1.82) is 0 Å². The Balaban J connectivity index is 2.07. The van der Waals surface area contributed by atoms with Gasteiger partial charge in [-0.05, 0) is 51.1 Å². The summed E-state index contributed by atoms with van der Waals surface area (Å²) in [5.41, 5.74) is 1.15. The van der Waals surface area contributed by atoms with Crippen molar-refractivity contribution in [3.8, 4) is 5.88 Å². The number of nitrogens with one attached hydrogen (secondary N) is 1. The molecule has 0 bridgehead atoms. The van der Waals surface area contributed by atoms with Crippen LogP contribution in [0.1, 0.15) is 51.6 Å². The first-order chi connectivity index (χ1) is 9.11. The number of pyridine rings is 1. The molecule has 1 aliphatic carbocycles. The number of aromatic nitrogens is 1. The minimum absolute atomic E-state index is 0.267. The predicted molar refractivity (Wildman–Crippen MR) is 78.3 cm³/mol. The van der Waals surface area contributed by atoms with Crippen molar-refractivity contribution in [2.24, 2.45) is 11.8 Å². The molecule has 0 amide bonds. The second kappa shape index (κ2) is 6.38. The Morgan fingerprint density at radius 1 is 1.32 bits per heavy atom. The van der Waals surface area contributed by atoms with Gasteiger partial charge in [0, 0.05) is 17.8 Å². The van der Waals surface area contributed by atoms with Gasteiger partial charge in [-0.15, -0.1) is 0 Å². The predicted octanol–water partition coefficient (Wildman–Crippen LogP) is 3.57. The Morgan fingerprint density at radius 2 is 2.11 bits per heavy atom. The summed E-state index contributed by atoms with van der Waals surface area (Å²) in [5, 5.41) is 3.25. The quantitative estimate of drug-likeness (QED) is 0.900. The normalized spacial score (nSPS) is 28.9. The van der Waals surface area contributed by atoms with E-state index in [1.807, 2.05) is 19.3 Å². The van der Waals surface area contributed by atoms with Crippen LogP contribution in [0.25, 0.3) is 0 Å². The maximum Gasteiger partial charge on any atom is 0.218 e. The van der Waals surface area contributed by atoms with E-state index in [1.165, 1.54) is 6.42 Å². The zero-order valence-corrected chi connectivity index (χ0v) is 12.5. The van der Waals surface area contributed by atoms with E-state index in [0.717, 1.165) is 36.1 Å². The molecule has 1 fully saturated rings. The van der Waals surface area contributed by atoms with Crippen molar-refractivity contribution < 1.29 is 4.74 Å². The largest absolute Gasteiger partial charge is 0.474 e. The summed E-state index contributed by atoms with van der Waals surface area (Å²) in [6.45, 7) is 6.81. The molecule has 1 saturated carbocycles. The second-order valence-electron chi connectivity index (χ2n) is 5.92. The highest BCUT2D eigenvalue weighted by Gasteiger charge is 2.26. The van der Waals surface area contributed by atoms with E-state index in [2.05, 4.69) is 37.1 Å². The Labute approximate surface area is 116 Å². The molecule has 0 radical (unpaired) electrons. The van der Waals surface area contributed by atoms with Crippen LogP contribution in [-0.2, 0) is 0 Å². The first kappa shape index (κ1) is 14.3. The number of rotatable bonds is 4. The van der Waals surface area contributed by atoms with Crippen LogP contribution in [0.15, 0.2) is 18.3 Å². The fraction of sp³-hybridized carbons (Fsp3) is 0.688. The van der Waals surface area contributed by atoms with Crippen LogP contribution < -0.4 is 10.1 Å². The van der Waals surface area contributed by atoms with Gasteiger partial charge in [-0.3, -0.25) is 0 Å². The van der Waals surface area contributed by atoms with Crippen LogP contribution >= 0.6 is 0 Å². The maximum atomic E-state index is 6.18. The van der Waals surface area contributed by atoms with Crippen molar-refractivity contribution in [2.45, 2.75) is 52.2 Å². The maximum absolute atomic E-state index is 6.18. The van der Waals surface area contributed by atoms with Crippen LogP contribution in [0.5, 0.6) is 5.88 Å². The van der Waals surface area contributed by atoms with Gasteiger partial charge in [0.15, 0.2) is 0 Å². The molecule has 2 rings (SSSR count). The van der Waals surface area contributed by atoms with Crippen molar-refractivity contribution in [3.63, 3.8) is 0 Å². The molecule has 1 N–H and O–H groups in total. The van der Waals surface area contributed by atoms with E-state index in [1.54, 1.807) is 0 Å². The summed E-state index contributed by atoms with van der Waals surface area (Å²) in [5.74, 6) is 2.36. The van der Waals surface area contributed by atoms with Crippen LogP contribution in [0.2, 0.25) is 0 Å². The van der Waals surface area contributed by atoms with E-state index in [-0.39, 0.29) is 6.04 Å². The third kappa shape index (κ3) is 3.47. The van der Waals surface area contributed by atoms with Gasteiger partial charge in [0.25, 0.3) is 0 Å². The van der Waals surface area contributed by atoms with E-state index in [4.69, 9.17) is 4.74 Å². The average Bonchev–Trinajstić information content (AvgIpc) is 2.43. The van der Waals surface area contributed by atoms with Gasteiger partial charge in [0.05, 0.1) is 0 Å². The zero-order chi connectivity index (χ0) is 13.8. The third-order valence-corrected chi connectivity index (χ3v) is 4.53. The Bertz CT molecular complexity index is 407. The summed E-state index contributed by atoms with van der Waals surface area (Å²) in [6, 6.07) is 4.34. The minimum Gasteiger partial charge on any atom is -0.474 e. The molecule has 0 spiro atoms. The minimum atomic E-state index is 0.267. The standard InChI is InChI=1S/C16H26N2O/c1-11-7-8-14(10-12(11)2)19-16-15(13(3)17-4)6-5-9-18-16/h5-6,9,11-14,17H,7-8,10H2,1-4H3. The Morgan fingerprint density at radius 3 is 2.79 bits per heavy atom. The molecule has 1 aromatic rings. The second-order valence-corrected chi connectivity index (χ2v) is 5.92. The summed E-state index contributed by atoms with van der Waals surface area (Å²) in [4.78, 5) is 4.42. The molecule has 3 heteroatoms. The highest BCUT2D eigenvalue weighted by molar-refractivity contribution is 5.28. The molecule has 0 aliphatic heterocycles. The van der Waals surface area contributed by atoms with Gasteiger partial charge in [0.2, 0.25) is 5.88 Å². The van der Waals surface area contributed by atoms with Crippen LogP contribution in [0.3, 0.4) is 0 Å². The molecule has 106 valence electrons. The van der Waals surface area contributed by atoms with Gasteiger partial charge in [-0.1, -0.05) is 19.9 Å². The van der Waals surface area contributed by atoms with Crippen LogP contribution in [0, 0.1) is 11.8 Å². The van der Waals surface area contributed by atoms with Crippen molar-refractivity contribution in [3.05, 3.63) is 23.9 Å². The summed E-state index contributed by atoms with van der Waals surface area (Å²) in [6.07, 6.45) is 5.69. The summed E-state index contributed by atoms with van der Waals surface area (Å²) in [7, 11) is 1.96. The van der Waals surface area contributed by atoms with Crippen LogP contribution in [0.4, 0.5) is 0 Å². The Hall–Kier alpha value is -1.09. The molecule has 1 heterocycles. The SMILES string of the molecule is CNC(C)c1cccnc1OC1CCC(C)C(C)C1. The molecular weight excluding hydrogens is 236 g/mol. The van der Waals surface area contributed by atoms with E-state index < -0.39 is 0 Å². The lowest BCUT2D eigenvalue weighted by molar-refractivity contribution is 0.0950. The topological polar surface area (TPSA) is 34.2 Å². The van der Waals surface area contributed by atoms with Gasteiger partial charge in [-0.2, -0.15) is 0 Å². The number of hydrogen-bond acceptors (Lipinski definition) is 3. The van der Waals surface area contributed by atoms with Gasteiger partial charge in [-0.25, -0.2) is 4.98 Å². The number of nitrogens with zero attached hydrogens (tertiary/aromatic N) is 1. The first-order valence-electron chi connectivity index (χ1n) is 7.40. The van der Waals surface area contributed by atoms with Gasteiger partial charge < -0.3 is 10.1 Å². The van der Waals surface area contributed by atoms with Gasteiger partial charge in [0.1, 0.15) is 6.10 Å². The first-order valence-corrected chi connectivity index (χ1v) is 7.40. The lowest BCUT2D eigenvalue weighted by Gasteiger charge is -2.32. The molecular formula is C16H26N2O. The third-order valence-electron chi connectivity index (χ3n) is 4.53. The van der Waals surface area contributed by atoms with Crippen molar-refractivity contribution in [1.82, 2.24) is 10.3 Å². The highest BCUT2D eigenvalue weighted by Crippen LogP contribution is 2.32. The molecule has 0 saturated heterocycles. The van der Waals surface area contributed by atoms with E-state index in [0.29, 0.717) is 6.10 Å². The zero-order valence-electron chi connectivity index (χ0n) is 12.5. The molecule has 1 aromatic heterocycles. The molecule has 0 aromatic carbocycles. The Kier molecular flexibility index (Phi) is 4.81. The fourth-order valence-electron chi connectivity index (χ4n) is 2.75. The van der Waals surface area contributed by atoms with Crippen molar-refractivity contribution >= 4 is 0 Å². The molecule has 4 atom stereocenters. The van der Waals surface area contributed by atoms with Crippen LogP contribution in [-0.4, -0.2) is 18.1 Å². The number of ether oxygens (including phenoxy) is 1. The molecule has 1 aliphatic rings. The number of hydrogen-bond donors (Lipinski definition) is 1. The lowest BCUT2D eigenvalue weighted by Crippen LogP contribution is -2.29. The molecule has 4 unspecified atom stereocenters. The van der Waals surface area contributed by atoms with Crippen molar-refractivity contribution in [2.75, 3.05) is 7.05 Å². The smallest absolute Gasteiger partial charge is 0.218 e. The highest BCUT2D eigenvalue weighted by atomic mass is 16.5. The fourth-order valence-corrected chi connectivity index (χ4v) is 2.75. The van der Waals surface area contributed by atoms with E-state index in [9.17, 15) is 0 Å².